The highest BCUT2D eigenvalue weighted by atomic mass is 35.5. The van der Waals surface area contributed by atoms with Gasteiger partial charge >= 0.3 is 11.9 Å². The van der Waals surface area contributed by atoms with Crippen molar-refractivity contribution in [3.63, 3.8) is 0 Å². The molecular formula is C27H25ClN2O6S. The van der Waals surface area contributed by atoms with Gasteiger partial charge in [0.05, 0.1) is 30.0 Å². The number of anilines is 1. The van der Waals surface area contributed by atoms with Crippen LogP contribution in [0.25, 0.3) is 5.76 Å². The molecule has 1 aliphatic rings. The summed E-state index contributed by atoms with van der Waals surface area (Å²) in [6.07, 6.45) is -0.0315. The number of aliphatic hydroxyl groups excluding tert-OH is 1. The molecule has 1 fully saturated rings. The molecule has 1 aliphatic heterocycles. The molecule has 1 unspecified atom stereocenters. The van der Waals surface area contributed by atoms with E-state index in [4.69, 9.17) is 21.1 Å². The molecule has 1 atom stereocenters. The lowest BCUT2D eigenvalue weighted by Gasteiger charge is -2.23. The average molecular weight is 541 g/mol. The van der Waals surface area contributed by atoms with Crippen molar-refractivity contribution >= 4 is 51.5 Å². The molecule has 0 saturated carbocycles. The van der Waals surface area contributed by atoms with E-state index in [1.54, 1.807) is 62.4 Å². The van der Waals surface area contributed by atoms with Crippen molar-refractivity contribution in [2.45, 2.75) is 39.8 Å². The van der Waals surface area contributed by atoms with Gasteiger partial charge in [-0.25, -0.2) is 9.78 Å². The summed E-state index contributed by atoms with van der Waals surface area (Å²) in [5.74, 6) is -2.04. The van der Waals surface area contributed by atoms with Crippen LogP contribution in [0.3, 0.4) is 0 Å². The monoisotopic (exact) mass is 540 g/mol. The number of carbonyl (C=O) groups is 3. The van der Waals surface area contributed by atoms with Gasteiger partial charge in [0.2, 0.25) is 0 Å². The van der Waals surface area contributed by atoms with Crippen LogP contribution in [0.4, 0.5) is 5.13 Å². The van der Waals surface area contributed by atoms with E-state index < -0.39 is 23.7 Å². The molecule has 192 valence electrons. The molecule has 0 radical (unpaired) electrons. The molecule has 37 heavy (non-hydrogen) atoms. The minimum absolute atomic E-state index is 0.0315. The van der Waals surface area contributed by atoms with Crippen LogP contribution < -0.4 is 9.64 Å². The molecule has 0 bridgehead atoms. The third kappa shape index (κ3) is 5.23. The Labute approximate surface area is 223 Å². The molecule has 8 nitrogen and oxygen atoms in total. The molecule has 3 aromatic rings. The summed E-state index contributed by atoms with van der Waals surface area (Å²) in [6, 6.07) is 12.2. The maximum absolute atomic E-state index is 13.3. The number of aliphatic hydroxyl groups is 1. The highest BCUT2D eigenvalue weighted by molar-refractivity contribution is 7.17. The van der Waals surface area contributed by atoms with E-state index in [0.29, 0.717) is 27.6 Å². The van der Waals surface area contributed by atoms with E-state index in [-0.39, 0.29) is 34.1 Å². The summed E-state index contributed by atoms with van der Waals surface area (Å²) < 4.78 is 10.8. The molecule has 1 saturated heterocycles. The van der Waals surface area contributed by atoms with E-state index in [1.807, 2.05) is 13.8 Å². The predicted molar refractivity (Wildman–Crippen MR) is 141 cm³/mol. The number of esters is 1. The topological polar surface area (TPSA) is 106 Å². The van der Waals surface area contributed by atoms with Gasteiger partial charge < -0.3 is 14.6 Å². The number of ether oxygens (including phenoxy) is 2. The number of Topliss-reactive ketones (excluding diaryl/α,β-unsaturated/α-hetero) is 1. The van der Waals surface area contributed by atoms with Crippen molar-refractivity contribution in [2.24, 2.45) is 0 Å². The van der Waals surface area contributed by atoms with Gasteiger partial charge in [-0.05, 0) is 69.7 Å². The van der Waals surface area contributed by atoms with Crippen LogP contribution in [-0.2, 0) is 14.3 Å². The second-order valence-electron chi connectivity index (χ2n) is 8.54. The van der Waals surface area contributed by atoms with Gasteiger partial charge in [0.15, 0.2) is 5.13 Å². The van der Waals surface area contributed by atoms with Crippen LogP contribution in [-0.4, -0.2) is 40.5 Å². The average Bonchev–Trinajstić information content (AvgIpc) is 3.36. The first kappa shape index (κ1) is 26.4. The second-order valence-corrected chi connectivity index (χ2v) is 9.96. The third-order valence-corrected chi connectivity index (χ3v) is 6.97. The summed E-state index contributed by atoms with van der Waals surface area (Å²) in [5.41, 5.74) is 1.15. The van der Waals surface area contributed by atoms with Crippen molar-refractivity contribution in [3.05, 3.63) is 80.8 Å². The Morgan fingerprint density at radius 2 is 1.78 bits per heavy atom. The lowest BCUT2D eigenvalue weighted by Crippen LogP contribution is -2.29. The smallest absolute Gasteiger partial charge is 0.350 e. The quantitative estimate of drug-likeness (QED) is 0.177. The Balaban J connectivity index is 1.85. The van der Waals surface area contributed by atoms with Crippen molar-refractivity contribution in [2.75, 3.05) is 11.5 Å². The molecule has 2 aromatic carbocycles. The zero-order chi connectivity index (χ0) is 26.9. The zero-order valence-electron chi connectivity index (χ0n) is 20.6. The first-order chi connectivity index (χ1) is 17.6. The number of benzene rings is 2. The van der Waals surface area contributed by atoms with Crippen LogP contribution >= 0.6 is 22.9 Å². The van der Waals surface area contributed by atoms with Gasteiger partial charge in [0, 0.05) is 10.6 Å². The van der Waals surface area contributed by atoms with Crippen LogP contribution in [0.15, 0.2) is 54.1 Å². The standard InChI is InChI=1S/C27H25ClN2O6S/c1-5-35-26(34)24-15(4)29-27(37-24)30-21(16-6-10-18(28)11-7-16)20(23(32)25(30)33)22(31)17-8-12-19(13-9-17)36-14(2)3/h6-14,21,31H,5H2,1-4H3/b22-20+. The summed E-state index contributed by atoms with van der Waals surface area (Å²) in [6.45, 7) is 7.29. The van der Waals surface area contributed by atoms with Crippen LogP contribution in [0, 0.1) is 6.92 Å². The highest BCUT2D eigenvalue weighted by Gasteiger charge is 2.48. The van der Waals surface area contributed by atoms with E-state index in [2.05, 4.69) is 4.98 Å². The lowest BCUT2D eigenvalue weighted by atomic mass is 9.95. The molecule has 0 spiro atoms. The van der Waals surface area contributed by atoms with Crippen molar-refractivity contribution < 1.29 is 29.0 Å². The Kier molecular flexibility index (Phi) is 7.65. The number of ketones is 1. The molecule has 0 aliphatic carbocycles. The number of carbonyl (C=O) groups excluding carboxylic acids is 3. The Morgan fingerprint density at radius 3 is 2.38 bits per heavy atom. The SMILES string of the molecule is CCOC(=O)c1sc(N2C(=O)C(=O)/C(=C(/O)c3ccc(OC(C)C)cc3)C2c2ccc(Cl)cc2)nc1C. The Bertz CT molecular complexity index is 1380. The molecule has 4 rings (SSSR count). The summed E-state index contributed by atoms with van der Waals surface area (Å²) in [4.78, 5) is 44.9. The predicted octanol–water partition coefficient (Wildman–Crippen LogP) is 5.70. The van der Waals surface area contributed by atoms with Crippen molar-refractivity contribution in [1.29, 1.82) is 0 Å². The molecule has 1 aromatic heterocycles. The maximum atomic E-state index is 13.3. The fourth-order valence-electron chi connectivity index (χ4n) is 3.98. The number of nitrogens with zero attached hydrogens (tertiary/aromatic N) is 2. The van der Waals surface area contributed by atoms with Crippen LogP contribution in [0.1, 0.15) is 53.3 Å². The number of rotatable bonds is 7. The lowest BCUT2D eigenvalue weighted by molar-refractivity contribution is -0.132. The van der Waals surface area contributed by atoms with Gasteiger partial charge in [0.25, 0.3) is 5.78 Å². The molecule has 1 amide bonds. The second kappa shape index (κ2) is 10.7. The third-order valence-electron chi connectivity index (χ3n) is 5.58. The van der Waals surface area contributed by atoms with Gasteiger partial charge in [-0.15, -0.1) is 0 Å². The largest absolute Gasteiger partial charge is 0.507 e. The van der Waals surface area contributed by atoms with E-state index in [9.17, 15) is 19.5 Å². The number of hydrogen-bond donors (Lipinski definition) is 1. The molecular weight excluding hydrogens is 516 g/mol. The summed E-state index contributed by atoms with van der Waals surface area (Å²) in [7, 11) is 0. The van der Waals surface area contributed by atoms with E-state index in [1.165, 1.54) is 4.90 Å². The first-order valence-corrected chi connectivity index (χ1v) is 12.8. The Morgan fingerprint density at radius 1 is 1.14 bits per heavy atom. The number of aromatic nitrogens is 1. The summed E-state index contributed by atoms with van der Waals surface area (Å²) in [5, 5.41) is 11.9. The van der Waals surface area contributed by atoms with E-state index in [0.717, 1.165) is 11.3 Å². The van der Waals surface area contributed by atoms with Crippen molar-refractivity contribution in [1.82, 2.24) is 4.98 Å². The Hall–Kier alpha value is -3.69. The van der Waals surface area contributed by atoms with Crippen molar-refractivity contribution in [3.8, 4) is 5.75 Å². The summed E-state index contributed by atoms with van der Waals surface area (Å²) >= 11 is 7.03. The number of amides is 1. The number of aryl methyl sites for hydroxylation is 1. The van der Waals surface area contributed by atoms with Crippen LogP contribution in [0.2, 0.25) is 5.02 Å². The van der Waals surface area contributed by atoms with E-state index >= 15 is 0 Å². The molecule has 10 heteroatoms. The van der Waals surface area contributed by atoms with Crippen LogP contribution in [0.5, 0.6) is 5.75 Å². The minimum atomic E-state index is -0.996. The number of halogens is 1. The first-order valence-electron chi connectivity index (χ1n) is 11.6. The fraction of sp³-hybridized carbons (Fsp3) is 0.259. The van der Waals surface area contributed by atoms with Gasteiger partial charge in [0.1, 0.15) is 16.4 Å². The fourth-order valence-corrected chi connectivity index (χ4v) is 5.09. The van der Waals surface area contributed by atoms with Gasteiger partial charge in [-0.2, -0.15) is 0 Å². The highest BCUT2D eigenvalue weighted by Crippen LogP contribution is 2.44. The van der Waals surface area contributed by atoms with Gasteiger partial charge in [-0.1, -0.05) is 35.1 Å². The molecule has 1 N–H and O–H groups in total. The zero-order valence-corrected chi connectivity index (χ0v) is 22.2. The number of thiazole rings is 1. The molecule has 2 heterocycles. The normalized spacial score (nSPS) is 16.9. The minimum Gasteiger partial charge on any atom is -0.507 e. The van der Waals surface area contributed by atoms with Gasteiger partial charge in [-0.3, -0.25) is 14.5 Å². The number of hydrogen-bond acceptors (Lipinski definition) is 8. The maximum Gasteiger partial charge on any atom is 0.350 e.